The molecule has 1 saturated carbocycles. The fourth-order valence-electron chi connectivity index (χ4n) is 3.08. The maximum Gasteiger partial charge on any atom is 0.325 e. The van der Waals surface area contributed by atoms with Crippen molar-refractivity contribution in [1.29, 1.82) is 0 Å². The number of carboxylic acid groups (broad SMARTS) is 1. The van der Waals surface area contributed by atoms with E-state index in [4.69, 9.17) is 10.5 Å². The third-order valence-electron chi connectivity index (χ3n) is 4.43. The number of ether oxygens (including phenoxy) is 1. The number of aliphatic carboxylic acids is 1. The van der Waals surface area contributed by atoms with Gasteiger partial charge in [-0.25, -0.2) is 8.42 Å². The molecular weight excluding hydrogens is 330 g/mol. The molecule has 3 atom stereocenters. The van der Waals surface area contributed by atoms with E-state index in [1.54, 1.807) is 42.5 Å². The number of sulfone groups is 1. The lowest BCUT2D eigenvalue weighted by molar-refractivity contribution is -0.139. The molecule has 3 rings (SSSR count). The average Bonchev–Trinajstić information content (AvgIpc) is 3.24. The molecule has 0 heterocycles. The van der Waals surface area contributed by atoms with Crippen LogP contribution in [0.4, 0.5) is 0 Å². The Labute approximate surface area is 139 Å². The first-order valence-electron chi connectivity index (χ1n) is 7.28. The lowest BCUT2D eigenvalue weighted by atomic mass is 10.1. The highest BCUT2D eigenvalue weighted by molar-refractivity contribution is 7.92. The number of carbonyl (C=O) groups is 1. The SMILES string of the molecule is COc1ccc([C@@H]2[C@H](S(=O)(=O)c3ccccc3)[C@]2(N)C(=O)O)cc1. The van der Waals surface area contributed by atoms with Gasteiger partial charge in [0, 0.05) is 5.92 Å². The number of nitrogens with two attached hydrogens (primary N) is 1. The molecule has 0 radical (unpaired) electrons. The van der Waals surface area contributed by atoms with Crippen LogP contribution in [0.15, 0.2) is 59.5 Å². The third-order valence-corrected chi connectivity index (χ3v) is 6.69. The first kappa shape index (κ1) is 16.5. The van der Waals surface area contributed by atoms with Gasteiger partial charge >= 0.3 is 5.97 Å². The Kier molecular flexibility index (Phi) is 3.85. The Bertz CT molecular complexity index is 864. The third kappa shape index (κ3) is 2.37. The summed E-state index contributed by atoms with van der Waals surface area (Å²) in [5.74, 6) is -1.54. The molecule has 0 unspecified atom stereocenters. The quantitative estimate of drug-likeness (QED) is 0.847. The minimum Gasteiger partial charge on any atom is -0.497 e. The highest BCUT2D eigenvalue weighted by Crippen LogP contribution is 2.55. The molecule has 2 aromatic rings. The van der Waals surface area contributed by atoms with E-state index in [9.17, 15) is 18.3 Å². The van der Waals surface area contributed by atoms with Crippen molar-refractivity contribution in [3.63, 3.8) is 0 Å². The van der Waals surface area contributed by atoms with E-state index in [1.807, 2.05) is 0 Å². The summed E-state index contributed by atoms with van der Waals surface area (Å²) in [6.45, 7) is 0. The molecule has 24 heavy (non-hydrogen) atoms. The first-order chi connectivity index (χ1) is 11.3. The first-order valence-corrected chi connectivity index (χ1v) is 8.83. The van der Waals surface area contributed by atoms with Gasteiger partial charge in [0.25, 0.3) is 0 Å². The standard InChI is InChI=1S/C17H17NO5S/c1-23-12-9-7-11(8-10-12)14-15(17(14,18)16(19)20)24(21,22)13-5-3-2-4-6-13/h2-10,14-15H,18H2,1H3,(H,19,20)/t14-,15+,17+/m1/s1. The number of hydrogen-bond acceptors (Lipinski definition) is 5. The Hall–Kier alpha value is -2.38. The van der Waals surface area contributed by atoms with Crippen LogP contribution in [-0.2, 0) is 14.6 Å². The van der Waals surface area contributed by atoms with Crippen molar-refractivity contribution in [2.45, 2.75) is 21.6 Å². The molecule has 0 aromatic heterocycles. The van der Waals surface area contributed by atoms with Crippen LogP contribution in [0, 0.1) is 0 Å². The molecule has 0 aliphatic heterocycles. The summed E-state index contributed by atoms with van der Waals surface area (Å²) in [5.41, 5.74) is 4.71. The van der Waals surface area contributed by atoms with Crippen LogP contribution in [0.25, 0.3) is 0 Å². The second kappa shape index (κ2) is 5.61. The van der Waals surface area contributed by atoms with E-state index in [-0.39, 0.29) is 4.90 Å². The lowest BCUT2D eigenvalue weighted by Crippen LogP contribution is -2.39. The number of carboxylic acids is 1. The van der Waals surface area contributed by atoms with Gasteiger partial charge in [0.05, 0.1) is 12.0 Å². The summed E-state index contributed by atoms with van der Waals surface area (Å²) in [6.07, 6.45) is 0. The predicted molar refractivity (Wildman–Crippen MR) is 87.7 cm³/mol. The fourth-order valence-corrected chi connectivity index (χ4v) is 5.34. The summed E-state index contributed by atoms with van der Waals surface area (Å²) in [7, 11) is -2.36. The molecule has 0 saturated heterocycles. The monoisotopic (exact) mass is 347 g/mol. The van der Waals surface area contributed by atoms with E-state index in [2.05, 4.69) is 0 Å². The van der Waals surface area contributed by atoms with E-state index in [1.165, 1.54) is 19.2 Å². The Morgan fingerprint density at radius 1 is 1.12 bits per heavy atom. The second-order valence-electron chi connectivity index (χ2n) is 5.77. The zero-order chi connectivity index (χ0) is 17.5. The highest BCUT2D eigenvalue weighted by Gasteiger charge is 2.74. The Morgan fingerprint density at radius 2 is 1.71 bits per heavy atom. The molecule has 0 bridgehead atoms. The van der Waals surface area contributed by atoms with Gasteiger partial charge in [-0.15, -0.1) is 0 Å². The molecule has 1 aliphatic rings. The van der Waals surface area contributed by atoms with Crippen molar-refractivity contribution in [3.05, 3.63) is 60.2 Å². The van der Waals surface area contributed by atoms with Crippen LogP contribution >= 0.6 is 0 Å². The van der Waals surface area contributed by atoms with Gasteiger partial charge in [0.15, 0.2) is 9.84 Å². The lowest BCUT2D eigenvalue weighted by Gasteiger charge is -2.06. The Morgan fingerprint density at radius 3 is 2.21 bits per heavy atom. The molecule has 0 spiro atoms. The molecule has 0 amide bonds. The van der Waals surface area contributed by atoms with Gasteiger partial charge < -0.3 is 15.6 Å². The maximum atomic E-state index is 12.9. The summed E-state index contributed by atoms with van der Waals surface area (Å²) in [5, 5.41) is 8.30. The van der Waals surface area contributed by atoms with Gasteiger partial charge in [0.2, 0.25) is 0 Å². The van der Waals surface area contributed by atoms with Crippen LogP contribution < -0.4 is 10.5 Å². The highest BCUT2D eigenvalue weighted by atomic mass is 32.2. The van der Waals surface area contributed by atoms with Crippen molar-refractivity contribution in [3.8, 4) is 5.75 Å². The van der Waals surface area contributed by atoms with Gasteiger partial charge in [-0.05, 0) is 29.8 Å². The van der Waals surface area contributed by atoms with Crippen molar-refractivity contribution in [2.75, 3.05) is 7.11 Å². The van der Waals surface area contributed by atoms with Crippen molar-refractivity contribution < 1.29 is 23.1 Å². The topological polar surface area (TPSA) is 107 Å². The molecule has 1 aliphatic carbocycles. The minimum atomic E-state index is -3.87. The van der Waals surface area contributed by atoms with Gasteiger partial charge in [-0.3, -0.25) is 4.79 Å². The molecule has 3 N–H and O–H groups in total. The van der Waals surface area contributed by atoms with Crippen LogP contribution in [0.1, 0.15) is 11.5 Å². The minimum absolute atomic E-state index is 0.0714. The summed E-state index contributed by atoms with van der Waals surface area (Å²) < 4.78 is 30.8. The van der Waals surface area contributed by atoms with Gasteiger partial charge in [0.1, 0.15) is 16.5 Å². The molecule has 1 fully saturated rings. The number of rotatable bonds is 5. The Balaban J connectivity index is 2.04. The van der Waals surface area contributed by atoms with E-state index in [0.717, 1.165) is 0 Å². The zero-order valence-corrected chi connectivity index (χ0v) is 13.7. The molecular formula is C17H17NO5S. The van der Waals surface area contributed by atoms with Crippen LogP contribution in [-0.4, -0.2) is 37.4 Å². The van der Waals surface area contributed by atoms with E-state index < -0.39 is 32.5 Å². The molecule has 7 heteroatoms. The number of hydrogen-bond donors (Lipinski definition) is 2. The molecule has 6 nitrogen and oxygen atoms in total. The normalized spacial score (nSPS) is 25.9. The second-order valence-corrected chi connectivity index (χ2v) is 7.84. The molecule has 2 aromatic carbocycles. The van der Waals surface area contributed by atoms with Crippen molar-refractivity contribution >= 4 is 15.8 Å². The predicted octanol–water partition coefficient (Wildman–Crippen LogP) is 1.42. The largest absolute Gasteiger partial charge is 0.497 e. The smallest absolute Gasteiger partial charge is 0.325 e. The number of methoxy groups -OCH3 is 1. The maximum absolute atomic E-state index is 12.9. The van der Waals surface area contributed by atoms with Gasteiger partial charge in [-0.1, -0.05) is 30.3 Å². The van der Waals surface area contributed by atoms with Crippen molar-refractivity contribution in [2.24, 2.45) is 5.73 Å². The van der Waals surface area contributed by atoms with E-state index >= 15 is 0 Å². The fraction of sp³-hybridized carbons (Fsp3) is 0.235. The molecule has 126 valence electrons. The van der Waals surface area contributed by atoms with Crippen LogP contribution in [0.2, 0.25) is 0 Å². The summed E-state index contributed by atoms with van der Waals surface area (Å²) in [6, 6.07) is 14.4. The van der Waals surface area contributed by atoms with Crippen LogP contribution in [0.5, 0.6) is 5.75 Å². The van der Waals surface area contributed by atoms with Crippen molar-refractivity contribution in [1.82, 2.24) is 0 Å². The average molecular weight is 347 g/mol. The van der Waals surface area contributed by atoms with E-state index in [0.29, 0.717) is 11.3 Å². The number of benzene rings is 2. The van der Waals surface area contributed by atoms with Gasteiger partial charge in [-0.2, -0.15) is 0 Å². The summed E-state index contributed by atoms with van der Waals surface area (Å²) in [4.78, 5) is 11.7. The van der Waals surface area contributed by atoms with Crippen LogP contribution in [0.3, 0.4) is 0 Å². The zero-order valence-electron chi connectivity index (χ0n) is 12.9. The summed E-state index contributed by atoms with van der Waals surface area (Å²) >= 11 is 0.